The van der Waals surface area contributed by atoms with Crippen LogP contribution >= 0.6 is 0 Å². The van der Waals surface area contributed by atoms with Crippen molar-refractivity contribution in [2.24, 2.45) is 0 Å². The molecule has 0 saturated carbocycles. The molecule has 1 N–H and O–H groups in total. The predicted molar refractivity (Wildman–Crippen MR) is 60.8 cm³/mol. The fourth-order valence-corrected chi connectivity index (χ4v) is 1.16. The zero-order valence-corrected chi connectivity index (χ0v) is 9.03. The molecule has 0 spiro atoms. The standard InChI is InChI=1S/C12H17NO2/c1-2-9-15-10-8-12(14)13-11-6-4-3-5-7-11/h3-7H,2,8-10H2,1H3,(H,13,14). The van der Waals surface area contributed by atoms with Crippen LogP contribution in [0.2, 0.25) is 0 Å². The van der Waals surface area contributed by atoms with Gasteiger partial charge >= 0.3 is 0 Å². The van der Waals surface area contributed by atoms with Crippen molar-refractivity contribution in [3.63, 3.8) is 0 Å². The van der Waals surface area contributed by atoms with Crippen LogP contribution in [-0.2, 0) is 9.53 Å². The molecule has 1 rings (SSSR count). The summed E-state index contributed by atoms with van der Waals surface area (Å²) in [5, 5.41) is 2.80. The quantitative estimate of drug-likeness (QED) is 0.727. The molecule has 0 aliphatic carbocycles. The molecule has 3 nitrogen and oxygen atoms in total. The number of benzene rings is 1. The molecule has 15 heavy (non-hydrogen) atoms. The average Bonchev–Trinajstić information content (AvgIpc) is 2.26. The molecule has 0 radical (unpaired) electrons. The SMILES string of the molecule is CCCOCCC(=O)Nc1ccccc1. The second-order valence-corrected chi connectivity index (χ2v) is 3.28. The van der Waals surface area contributed by atoms with Crippen molar-refractivity contribution in [2.45, 2.75) is 19.8 Å². The maximum Gasteiger partial charge on any atom is 0.226 e. The lowest BCUT2D eigenvalue weighted by Crippen LogP contribution is -2.14. The highest BCUT2D eigenvalue weighted by atomic mass is 16.5. The van der Waals surface area contributed by atoms with E-state index in [2.05, 4.69) is 5.32 Å². The number of hydrogen-bond donors (Lipinski definition) is 1. The van der Waals surface area contributed by atoms with Gasteiger partial charge in [0.2, 0.25) is 5.91 Å². The third-order valence-corrected chi connectivity index (χ3v) is 1.88. The summed E-state index contributed by atoms with van der Waals surface area (Å²) >= 11 is 0. The van der Waals surface area contributed by atoms with Crippen molar-refractivity contribution in [2.75, 3.05) is 18.5 Å². The average molecular weight is 207 g/mol. The van der Waals surface area contributed by atoms with Crippen molar-refractivity contribution in [3.8, 4) is 0 Å². The molecule has 0 unspecified atom stereocenters. The minimum Gasteiger partial charge on any atom is -0.381 e. The first-order valence-corrected chi connectivity index (χ1v) is 5.25. The summed E-state index contributed by atoms with van der Waals surface area (Å²) in [5.74, 6) is -0.00250. The number of nitrogens with one attached hydrogen (secondary N) is 1. The molecule has 3 heteroatoms. The van der Waals surface area contributed by atoms with Gasteiger partial charge in [-0.2, -0.15) is 0 Å². The highest BCUT2D eigenvalue weighted by molar-refractivity contribution is 5.90. The van der Waals surface area contributed by atoms with E-state index >= 15 is 0 Å². The maximum atomic E-state index is 11.4. The highest BCUT2D eigenvalue weighted by Crippen LogP contribution is 2.05. The van der Waals surface area contributed by atoms with Gasteiger partial charge in [-0.15, -0.1) is 0 Å². The molecule has 1 aromatic carbocycles. The number of para-hydroxylation sites is 1. The molecule has 0 bridgehead atoms. The van der Waals surface area contributed by atoms with E-state index in [-0.39, 0.29) is 5.91 Å². The molecule has 0 fully saturated rings. The van der Waals surface area contributed by atoms with Crippen LogP contribution in [-0.4, -0.2) is 19.1 Å². The zero-order valence-electron chi connectivity index (χ0n) is 9.03. The molecular formula is C12H17NO2. The fraction of sp³-hybridized carbons (Fsp3) is 0.417. The van der Waals surface area contributed by atoms with Crippen LogP contribution in [0.25, 0.3) is 0 Å². The van der Waals surface area contributed by atoms with Crippen LogP contribution in [0, 0.1) is 0 Å². The molecule has 0 saturated heterocycles. The van der Waals surface area contributed by atoms with Gasteiger partial charge in [-0.25, -0.2) is 0 Å². The first-order valence-electron chi connectivity index (χ1n) is 5.25. The first kappa shape index (κ1) is 11.7. The van der Waals surface area contributed by atoms with E-state index in [1.165, 1.54) is 0 Å². The molecule has 0 aromatic heterocycles. The summed E-state index contributed by atoms with van der Waals surface area (Å²) in [7, 11) is 0. The Morgan fingerprint density at radius 1 is 1.27 bits per heavy atom. The summed E-state index contributed by atoms with van der Waals surface area (Å²) < 4.78 is 5.23. The van der Waals surface area contributed by atoms with Gasteiger partial charge in [-0.3, -0.25) is 4.79 Å². The van der Waals surface area contributed by atoms with Crippen molar-refractivity contribution >= 4 is 11.6 Å². The Morgan fingerprint density at radius 3 is 2.67 bits per heavy atom. The minimum absolute atomic E-state index is 0.00250. The number of hydrogen-bond acceptors (Lipinski definition) is 2. The lowest BCUT2D eigenvalue weighted by Gasteiger charge is -2.05. The van der Waals surface area contributed by atoms with Gasteiger partial charge in [0.25, 0.3) is 0 Å². The van der Waals surface area contributed by atoms with Crippen molar-refractivity contribution < 1.29 is 9.53 Å². The van der Waals surface area contributed by atoms with E-state index in [4.69, 9.17) is 4.74 Å². The lowest BCUT2D eigenvalue weighted by molar-refractivity contribution is -0.117. The number of amides is 1. The van der Waals surface area contributed by atoms with Crippen LogP contribution in [0.3, 0.4) is 0 Å². The maximum absolute atomic E-state index is 11.4. The number of rotatable bonds is 6. The Balaban J connectivity index is 2.19. The van der Waals surface area contributed by atoms with Crippen LogP contribution in [0.4, 0.5) is 5.69 Å². The Hall–Kier alpha value is -1.35. The Labute approximate surface area is 90.4 Å². The van der Waals surface area contributed by atoms with E-state index < -0.39 is 0 Å². The van der Waals surface area contributed by atoms with Crippen LogP contribution in [0.15, 0.2) is 30.3 Å². The summed E-state index contributed by atoms with van der Waals surface area (Å²) in [6, 6.07) is 9.43. The summed E-state index contributed by atoms with van der Waals surface area (Å²) in [6.45, 7) is 3.26. The molecule has 1 amide bonds. The smallest absolute Gasteiger partial charge is 0.226 e. The number of carbonyl (C=O) groups excluding carboxylic acids is 1. The second kappa shape index (κ2) is 7.01. The topological polar surface area (TPSA) is 38.3 Å². The van der Waals surface area contributed by atoms with E-state index in [1.807, 2.05) is 37.3 Å². The van der Waals surface area contributed by atoms with Crippen LogP contribution in [0.5, 0.6) is 0 Å². The van der Waals surface area contributed by atoms with Crippen molar-refractivity contribution in [1.29, 1.82) is 0 Å². The van der Waals surface area contributed by atoms with E-state index in [0.29, 0.717) is 13.0 Å². The number of anilines is 1. The van der Waals surface area contributed by atoms with Gasteiger partial charge in [-0.1, -0.05) is 25.1 Å². The van der Waals surface area contributed by atoms with Gasteiger partial charge in [0.15, 0.2) is 0 Å². The molecule has 0 atom stereocenters. The minimum atomic E-state index is -0.00250. The molecule has 0 heterocycles. The fourth-order valence-electron chi connectivity index (χ4n) is 1.16. The molecular weight excluding hydrogens is 190 g/mol. The van der Waals surface area contributed by atoms with Gasteiger partial charge in [0.1, 0.15) is 0 Å². The number of ether oxygens (including phenoxy) is 1. The van der Waals surface area contributed by atoms with Gasteiger partial charge in [0.05, 0.1) is 13.0 Å². The zero-order chi connectivity index (χ0) is 10.9. The summed E-state index contributed by atoms with van der Waals surface area (Å²) in [4.78, 5) is 11.4. The van der Waals surface area contributed by atoms with E-state index in [0.717, 1.165) is 18.7 Å². The summed E-state index contributed by atoms with van der Waals surface area (Å²) in [5.41, 5.74) is 0.831. The Morgan fingerprint density at radius 2 is 2.00 bits per heavy atom. The van der Waals surface area contributed by atoms with E-state index in [9.17, 15) is 4.79 Å². The van der Waals surface area contributed by atoms with Crippen LogP contribution < -0.4 is 5.32 Å². The van der Waals surface area contributed by atoms with Crippen molar-refractivity contribution in [3.05, 3.63) is 30.3 Å². The lowest BCUT2D eigenvalue weighted by atomic mass is 10.3. The predicted octanol–water partition coefficient (Wildman–Crippen LogP) is 2.44. The van der Waals surface area contributed by atoms with Gasteiger partial charge in [0, 0.05) is 12.3 Å². The monoisotopic (exact) mass is 207 g/mol. The van der Waals surface area contributed by atoms with Crippen LogP contribution in [0.1, 0.15) is 19.8 Å². The molecule has 0 aliphatic heterocycles. The Bertz CT molecular complexity index is 285. The molecule has 82 valence electrons. The third-order valence-electron chi connectivity index (χ3n) is 1.88. The van der Waals surface area contributed by atoms with Gasteiger partial charge < -0.3 is 10.1 Å². The first-order chi connectivity index (χ1) is 7.33. The largest absolute Gasteiger partial charge is 0.381 e. The van der Waals surface area contributed by atoms with Crippen molar-refractivity contribution in [1.82, 2.24) is 0 Å². The molecule has 1 aromatic rings. The van der Waals surface area contributed by atoms with E-state index in [1.54, 1.807) is 0 Å². The third kappa shape index (κ3) is 5.18. The normalized spacial score (nSPS) is 9.93. The Kier molecular flexibility index (Phi) is 5.48. The number of carbonyl (C=O) groups is 1. The van der Waals surface area contributed by atoms with Gasteiger partial charge in [-0.05, 0) is 18.6 Å². The second-order valence-electron chi connectivity index (χ2n) is 3.28. The highest BCUT2D eigenvalue weighted by Gasteiger charge is 2.00. The summed E-state index contributed by atoms with van der Waals surface area (Å²) in [6.07, 6.45) is 1.40. The molecule has 0 aliphatic rings.